The fourth-order valence-electron chi connectivity index (χ4n) is 3.11. The number of hydrogen-bond donors (Lipinski definition) is 1. The van der Waals surface area contributed by atoms with Crippen LogP contribution in [0.3, 0.4) is 0 Å². The maximum absolute atomic E-state index is 12.2. The van der Waals surface area contributed by atoms with Crippen molar-refractivity contribution in [3.05, 3.63) is 34.4 Å². The lowest BCUT2D eigenvalue weighted by Crippen LogP contribution is -2.51. The van der Waals surface area contributed by atoms with Crippen LogP contribution in [0.5, 0.6) is 0 Å². The van der Waals surface area contributed by atoms with Gasteiger partial charge in [-0.2, -0.15) is 0 Å². The van der Waals surface area contributed by atoms with Gasteiger partial charge in [-0.15, -0.1) is 11.8 Å². The normalized spacial score (nSPS) is 25.4. The predicted molar refractivity (Wildman–Crippen MR) is 81.7 cm³/mol. The Morgan fingerprint density at radius 1 is 1.41 bits per heavy atom. The van der Waals surface area contributed by atoms with Crippen molar-refractivity contribution < 1.29 is 14.7 Å². The number of carbonyl (C=O) groups excluding carboxylic acids is 1. The summed E-state index contributed by atoms with van der Waals surface area (Å²) in [6.07, 6.45) is 8.33. The van der Waals surface area contributed by atoms with Crippen LogP contribution in [0.15, 0.2) is 22.9 Å². The average Bonchev–Trinajstić information content (AvgIpc) is 3.00. The topological polar surface area (TPSA) is 75.4 Å². The van der Waals surface area contributed by atoms with Gasteiger partial charge in [-0.25, -0.2) is 9.78 Å². The lowest BCUT2D eigenvalue weighted by atomic mass is 10.0. The molecule has 1 aromatic rings. The number of imidazole rings is 1. The van der Waals surface area contributed by atoms with Crippen LogP contribution in [0.25, 0.3) is 6.08 Å². The Labute approximate surface area is 131 Å². The number of aliphatic carboxylic acids is 1. The minimum Gasteiger partial charge on any atom is -0.477 e. The van der Waals surface area contributed by atoms with E-state index in [4.69, 9.17) is 5.11 Å². The molecule has 1 unspecified atom stereocenters. The van der Waals surface area contributed by atoms with E-state index < -0.39 is 5.97 Å². The van der Waals surface area contributed by atoms with E-state index in [1.165, 1.54) is 28.5 Å². The summed E-state index contributed by atoms with van der Waals surface area (Å²) in [4.78, 5) is 29.2. The number of thioether (sulfide) groups is 1. The molecule has 3 aliphatic rings. The van der Waals surface area contributed by atoms with Gasteiger partial charge in [-0.3, -0.25) is 9.69 Å². The molecule has 1 amide bonds. The summed E-state index contributed by atoms with van der Waals surface area (Å²) < 4.78 is 2.17. The van der Waals surface area contributed by atoms with Crippen LogP contribution in [-0.4, -0.2) is 36.8 Å². The molecule has 0 aromatic carbocycles. The molecule has 1 saturated heterocycles. The molecule has 1 aromatic heterocycles. The van der Waals surface area contributed by atoms with Crippen LogP contribution in [-0.2, 0) is 22.6 Å². The number of carbonyl (C=O) groups is 2. The van der Waals surface area contributed by atoms with Crippen LogP contribution < -0.4 is 0 Å². The third kappa shape index (κ3) is 1.99. The van der Waals surface area contributed by atoms with Crippen molar-refractivity contribution in [2.75, 3.05) is 0 Å². The second kappa shape index (κ2) is 5.01. The molecule has 3 aliphatic heterocycles. The zero-order chi connectivity index (χ0) is 15.3. The van der Waals surface area contributed by atoms with E-state index in [0.717, 1.165) is 37.3 Å². The van der Waals surface area contributed by atoms with Gasteiger partial charge in [0.2, 0.25) is 0 Å². The van der Waals surface area contributed by atoms with E-state index in [1.54, 1.807) is 6.08 Å². The van der Waals surface area contributed by atoms with Crippen LogP contribution >= 0.6 is 11.8 Å². The average molecular weight is 317 g/mol. The summed E-state index contributed by atoms with van der Waals surface area (Å²) in [5, 5.41) is 10.4. The van der Waals surface area contributed by atoms with Gasteiger partial charge in [0.25, 0.3) is 5.91 Å². The first-order valence-electron chi connectivity index (χ1n) is 7.35. The zero-order valence-electron chi connectivity index (χ0n) is 11.9. The van der Waals surface area contributed by atoms with E-state index >= 15 is 0 Å². The van der Waals surface area contributed by atoms with Crippen molar-refractivity contribution in [1.82, 2.24) is 14.5 Å². The van der Waals surface area contributed by atoms with Gasteiger partial charge in [0.15, 0.2) is 0 Å². The molecule has 0 saturated carbocycles. The highest BCUT2D eigenvalue weighted by atomic mass is 32.2. The maximum Gasteiger partial charge on any atom is 0.353 e. The number of amides is 1. The van der Waals surface area contributed by atoms with Crippen molar-refractivity contribution in [3.8, 4) is 0 Å². The number of β-lactam (4-membered cyclic amide) rings is 1. The first kappa shape index (κ1) is 13.6. The Bertz CT molecular complexity index is 711. The fourth-order valence-corrected chi connectivity index (χ4v) is 4.23. The van der Waals surface area contributed by atoms with Crippen LogP contribution in [0, 0.1) is 0 Å². The number of aromatic nitrogens is 2. The SMILES string of the molecule is O=C(O)C1=CSC2C(=Cc3cn4c(n3)CCCCC4)C(=O)N12. The van der Waals surface area contributed by atoms with Gasteiger partial charge in [-0.1, -0.05) is 6.42 Å². The Kier molecular flexibility index (Phi) is 3.11. The molecule has 4 rings (SSSR count). The third-order valence-electron chi connectivity index (χ3n) is 4.23. The van der Waals surface area contributed by atoms with E-state index in [2.05, 4.69) is 9.55 Å². The van der Waals surface area contributed by atoms with Crippen LogP contribution in [0.4, 0.5) is 0 Å². The lowest BCUT2D eigenvalue weighted by molar-refractivity contribution is -0.141. The third-order valence-corrected chi connectivity index (χ3v) is 5.32. The van der Waals surface area contributed by atoms with E-state index in [9.17, 15) is 9.59 Å². The van der Waals surface area contributed by atoms with Gasteiger partial charge < -0.3 is 9.67 Å². The standard InChI is InChI=1S/C15H15N3O3S/c19-13-10(14-18(13)11(8-22-14)15(20)21)6-9-7-17-5-3-1-2-4-12(17)16-9/h6-8,14H,1-5H2,(H,20,21). The minimum atomic E-state index is -1.06. The molecule has 7 heteroatoms. The van der Waals surface area contributed by atoms with Gasteiger partial charge in [0.05, 0.1) is 11.3 Å². The van der Waals surface area contributed by atoms with Crippen molar-refractivity contribution in [3.63, 3.8) is 0 Å². The summed E-state index contributed by atoms with van der Waals surface area (Å²) in [6.45, 7) is 0.981. The quantitative estimate of drug-likeness (QED) is 0.665. The molecule has 22 heavy (non-hydrogen) atoms. The number of rotatable bonds is 2. The molecule has 114 valence electrons. The monoisotopic (exact) mass is 317 g/mol. The predicted octanol–water partition coefficient (Wildman–Crippen LogP) is 1.83. The molecule has 0 spiro atoms. The summed E-state index contributed by atoms with van der Waals surface area (Å²) >= 11 is 1.36. The summed E-state index contributed by atoms with van der Waals surface area (Å²) in [5.41, 5.74) is 1.49. The second-order valence-corrected chi connectivity index (χ2v) is 6.61. The highest BCUT2D eigenvalue weighted by Gasteiger charge is 2.49. The highest BCUT2D eigenvalue weighted by Crippen LogP contribution is 2.45. The molecule has 0 bridgehead atoms. The summed E-state index contributed by atoms with van der Waals surface area (Å²) in [7, 11) is 0. The van der Waals surface area contributed by atoms with Gasteiger partial charge in [0, 0.05) is 24.6 Å². The van der Waals surface area contributed by atoms with Gasteiger partial charge >= 0.3 is 5.97 Å². The second-order valence-electron chi connectivity index (χ2n) is 5.66. The van der Waals surface area contributed by atoms with Crippen molar-refractivity contribution in [1.29, 1.82) is 0 Å². The molecule has 6 nitrogen and oxygen atoms in total. The van der Waals surface area contributed by atoms with Crippen LogP contribution in [0.2, 0.25) is 0 Å². The molecule has 1 fully saturated rings. The number of aryl methyl sites for hydroxylation is 2. The first-order chi connectivity index (χ1) is 10.6. The Balaban J connectivity index is 1.58. The molecular weight excluding hydrogens is 302 g/mol. The highest BCUT2D eigenvalue weighted by molar-refractivity contribution is 8.03. The Morgan fingerprint density at radius 3 is 3.09 bits per heavy atom. The lowest BCUT2D eigenvalue weighted by Gasteiger charge is -2.36. The number of fused-ring (bicyclic) bond motifs is 2. The van der Waals surface area contributed by atoms with Crippen molar-refractivity contribution >= 4 is 29.7 Å². The first-order valence-corrected chi connectivity index (χ1v) is 8.29. The fraction of sp³-hybridized carbons (Fsp3) is 0.400. The maximum atomic E-state index is 12.2. The van der Waals surface area contributed by atoms with E-state index in [0.29, 0.717) is 5.57 Å². The largest absolute Gasteiger partial charge is 0.477 e. The summed E-state index contributed by atoms with van der Waals surface area (Å²) in [6, 6.07) is 0. The Morgan fingerprint density at radius 2 is 2.27 bits per heavy atom. The molecule has 0 radical (unpaired) electrons. The molecule has 1 N–H and O–H groups in total. The molecule has 0 aliphatic carbocycles. The molecule has 4 heterocycles. The van der Waals surface area contributed by atoms with Gasteiger partial charge in [0.1, 0.15) is 16.9 Å². The number of nitrogens with zero attached hydrogens (tertiary/aromatic N) is 3. The van der Waals surface area contributed by atoms with Crippen molar-refractivity contribution in [2.45, 2.75) is 37.6 Å². The Hall–Kier alpha value is -2.02. The summed E-state index contributed by atoms with van der Waals surface area (Å²) in [5.74, 6) is -0.209. The minimum absolute atomic E-state index is 0.0674. The van der Waals surface area contributed by atoms with Crippen LogP contribution in [0.1, 0.15) is 30.8 Å². The van der Waals surface area contributed by atoms with E-state index in [1.807, 2.05) is 6.20 Å². The van der Waals surface area contributed by atoms with Gasteiger partial charge in [-0.05, 0) is 18.9 Å². The van der Waals surface area contributed by atoms with Crippen molar-refractivity contribution in [2.24, 2.45) is 0 Å². The number of hydrogen-bond acceptors (Lipinski definition) is 4. The smallest absolute Gasteiger partial charge is 0.353 e. The number of carboxylic acids is 1. The van der Waals surface area contributed by atoms with E-state index in [-0.39, 0.29) is 17.0 Å². The number of carboxylic acid groups (broad SMARTS) is 1. The zero-order valence-corrected chi connectivity index (χ0v) is 12.7. The molecular formula is C15H15N3O3S. The molecule has 1 atom stereocenters.